The second-order valence-corrected chi connectivity index (χ2v) is 12.1. The molecule has 4 atom stereocenters. The molecule has 3 amide bonds. The highest BCUT2D eigenvalue weighted by Crippen LogP contribution is 2.21. The maximum Gasteiger partial charge on any atom is 0.246 e. The summed E-state index contributed by atoms with van der Waals surface area (Å²) in [7, 11) is 1.74. The van der Waals surface area contributed by atoms with E-state index in [4.69, 9.17) is 0 Å². The number of nitrogens with zero attached hydrogens (tertiary/aromatic N) is 2. The molecule has 1 unspecified atom stereocenters. The third-order valence-electron chi connectivity index (χ3n) is 7.88. The van der Waals surface area contributed by atoms with Gasteiger partial charge in [0.2, 0.25) is 17.7 Å². The lowest BCUT2D eigenvalue weighted by Crippen LogP contribution is -2.58. The van der Waals surface area contributed by atoms with E-state index in [0.29, 0.717) is 12.0 Å². The Kier molecular flexibility index (Phi) is 13.3. The molecule has 1 heterocycles. The molecule has 1 saturated heterocycles. The van der Waals surface area contributed by atoms with E-state index in [1.165, 1.54) is 0 Å². The van der Waals surface area contributed by atoms with Crippen LogP contribution in [-0.4, -0.2) is 83.0 Å². The van der Waals surface area contributed by atoms with Gasteiger partial charge in [-0.1, -0.05) is 70.5 Å². The van der Waals surface area contributed by atoms with Crippen molar-refractivity contribution in [3.8, 4) is 0 Å². The zero-order valence-electron chi connectivity index (χ0n) is 25.8. The summed E-state index contributed by atoms with van der Waals surface area (Å²) in [6.45, 7) is 14.5. The largest absolute Gasteiger partial charge is 0.394 e. The molecular formula is C32H52N4O4. The summed E-state index contributed by atoms with van der Waals surface area (Å²) >= 11 is 0. The van der Waals surface area contributed by atoms with Gasteiger partial charge in [0.05, 0.1) is 24.7 Å². The molecule has 0 saturated carbocycles. The van der Waals surface area contributed by atoms with E-state index in [1.807, 2.05) is 64.1 Å². The lowest BCUT2D eigenvalue weighted by molar-refractivity contribution is -0.140. The van der Waals surface area contributed by atoms with Crippen molar-refractivity contribution >= 4 is 17.7 Å². The van der Waals surface area contributed by atoms with Crippen LogP contribution in [0.25, 0.3) is 0 Å². The fraction of sp³-hybridized carbons (Fsp3) is 0.656. The van der Waals surface area contributed by atoms with Gasteiger partial charge in [-0.25, -0.2) is 0 Å². The summed E-state index contributed by atoms with van der Waals surface area (Å²) in [5, 5.41) is 15.9. The Morgan fingerprint density at radius 1 is 1.02 bits per heavy atom. The monoisotopic (exact) mass is 556 g/mol. The Balaban J connectivity index is 2.15. The number of carbonyl (C=O) groups is 3. The van der Waals surface area contributed by atoms with Gasteiger partial charge in [0.1, 0.15) is 6.04 Å². The van der Waals surface area contributed by atoms with E-state index in [0.717, 1.165) is 31.4 Å². The number of amides is 3. The van der Waals surface area contributed by atoms with E-state index in [-0.39, 0.29) is 54.3 Å². The van der Waals surface area contributed by atoms with Gasteiger partial charge in [0, 0.05) is 18.7 Å². The smallest absolute Gasteiger partial charge is 0.246 e. The van der Waals surface area contributed by atoms with Crippen LogP contribution in [0, 0.1) is 11.8 Å². The standard InChI is InChI=1S/C32H52N4O4/c1-21(2)28(18-24(7)30(38)33-26(20-37)19-25-14-10-9-11-15-25)35(8)32(40)29(22(3)4)34-31(39)27-16-12-13-17-36(27)23(5)6/h9-11,14-15,18,21-23,26-29,37H,12-13,16-17,19-20H2,1-8H3,(H,33,38)(H,34,39)/b24-18+/t26-,27+,28?,29-/m0/s1. The molecular weight excluding hydrogens is 504 g/mol. The van der Waals surface area contributed by atoms with E-state index in [9.17, 15) is 19.5 Å². The van der Waals surface area contributed by atoms with Gasteiger partial charge < -0.3 is 20.6 Å². The SMILES string of the molecule is C/C(=C\C(C(C)C)N(C)C(=O)[C@@H](NC(=O)[C@H]1CCCCN1C(C)C)C(C)C)C(=O)N[C@H](CO)Cc1ccccc1. The first kappa shape index (κ1) is 33.5. The average Bonchev–Trinajstić information content (AvgIpc) is 2.93. The summed E-state index contributed by atoms with van der Waals surface area (Å²) in [5.74, 6) is -0.598. The molecule has 1 fully saturated rings. The minimum atomic E-state index is -0.665. The number of hydrogen-bond acceptors (Lipinski definition) is 5. The van der Waals surface area contributed by atoms with Gasteiger partial charge in [-0.15, -0.1) is 0 Å². The van der Waals surface area contributed by atoms with Crippen molar-refractivity contribution in [2.45, 2.75) is 104 Å². The van der Waals surface area contributed by atoms with Crippen LogP contribution in [0.2, 0.25) is 0 Å². The number of aliphatic hydroxyl groups excluding tert-OH is 1. The van der Waals surface area contributed by atoms with E-state index in [2.05, 4.69) is 29.4 Å². The van der Waals surface area contributed by atoms with Crippen LogP contribution in [0.1, 0.15) is 73.3 Å². The first-order chi connectivity index (χ1) is 18.9. The molecule has 40 heavy (non-hydrogen) atoms. The Hall–Kier alpha value is -2.71. The topological polar surface area (TPSA) is 102 Å². The fourth-order valence-electron chi connectivity index (χ4n) is 5.43. The molecule has 1 aliphatic heterocycles. The number of piperidine rings is 1. The second kappa shape index (κ2) is 15.9. The Morgan fingerprint density at radius 2 is 1.68 bits per heavy atom. The van der Waals surface area contributed by atoms with Gasteiger partial charge in [0.25, 0.3) is 0 Å². The van der Waals surface area contributed by atoms with Crippen LogP contribution >= 0.6 is 0 Å². The minimum Gasteiger partial charge on any atom is -0.394 e. The normalized spacial score (nSPS) is 18.9. The van der Waals surface area contributed by atoms with Crippen LogP contribution in [0.4, 0.5) is 0 Å². The van der Waals surface area contributed by atoms with E-state index < -0.39 is 12.1 Å². The first-order valence-corrected chi connectivity index (χ1v) is 14.8. The second-order valence-electron chi connectivity index (χ2n) is 12.1. The minimum absolute atomic E-state index is 0.0351. The average molecular weight is 557 g/mol. The highest BCUT2D eigenvalue weighted by Gasteiger charge is 2.36. The van der Waals surface area contributed by atoms with Crippen LogP contribution in [0.5, 0.6) is 0 Å². The van der Waals surface area contributed by atoms with Gasteiger partial charge in [-0.3, -0.25) is 19.3 Å². The van der Waals surface area contributed by atoms with Crippen molar-refractivity contribution < 1.29 is 19.5 Å². The number of hydrogen-bond donors (Lipinski definition) is 3. The molecule has 1 aromatic carbocycles. The lowest BCUT2D eigenvalue weighted by Gasteiger charge is -2.39. The molecule has 8 nitrogen and oxygen atoms in total. The maximum absolute atomic E-state index is 13.8. The number of aliphatic hydroxyl groups is 1. The summed E-state index contributed by atoms with van der Waals surface area (Å²) in [5.41, 5.74) is 1.50. The van der Waals surface area contributed by atoms with Crippen LogP contribution in [0.3, 0.4) is 0 Å². The predicted molar refractivity (Wildman–Crippen MR) is 161 cm³/mol. The van der Waals surface area contributed by atoms with Crippen LogP contribution < -0.4 is 10.6 Å². The first-order valence-electron chi connectivity index (χ1n) is 14.8. The van der Waals surface area contributed by atoms with Crippen molar-refractivity contribution in [3.05, 3.63) is 47.5 Å². The van der Waals surface area contributed by atoms with Gasteiger partial charge >= 0.3 is 0 Å². The third kappa shape index (κ3) is 9.44. The third-order valence-corrected chi connectivity index (χ3v) is 7.88. The Labute approximate surface area is 241 Å². The van der Waals surface area contributed by atoms with Gasteiger partial charge in [-0.05, 0) is 64.0 Å². The summed E-state index contributed by atoms with van der Waals surface area (Å²) < 4.78 is 0. The summed E-state index contributed by atoms with van der Waals surface area (Å²) in [6.07, 6.45) is 5.22. The fourth-order valence-corrected chi connectivity index (χ4v) is 5.43. The number of likely N-dealkylation sites (N-methyl/N-ethyl adjacent to an activating group) is 1. The molecule has 0 radical (unpaired) electrons. The number of carbonyl (C=O) groups excluding carboxylic acids is 3. The molecule has 1 aliphatic rings. The van der Waals surface area contributed by atoms with Gasteiger partial charge in [-0.2, -0.15) is 0 Å². The lowest BCUT2D eigenvalue weighted by atomic mass is 9.95. The Morgan fingerprint density at radius 3 is 2.23 bits per heavy atom. The molecule has 8 heteroatoms. The van der Waals surface area contributed by atoms with Crippen molar-refractivity contribution in [1.29, 1.82) is 0 Å². The number of rotatable bonds is 13. The van der Waals surface area contributed by atoms with Crippen molar-refractivity contribution in [2.24, 2.45) is 11.8 Å². The highest BCUT2D eigenvalue weighted by atomic mass is 16.3. The molecule has 0 aliphatic carbocycles. The predicted octanol–water partition coefficient (Wildman–Crippen LogP) is 3.54. The molecule has 224 valence electrons. The van der Waals surface area contributed by atoms with E-state index >= 15 is 0 Å². The van der Waals surface area contributed by atoms with E-state index in [1.54, 1.807) is 18.9 Å². The Bertz CT molecular complexity index is 992. The van der Waals surface area contributed by atoms with Crippen molar-refractivity contribution in [3.63, 3.8) is 0 Å². The van der Waals surface area contributed by atoms with Crippen molar-refractivity contribution in [2.75, 3.05) is 20.2 Å². The zero-order chi connectivity index (χ0) is 30.0. The molecule has 1 aromatic rings. The number of likely N-dealkylation sites (tertiary alicyclic amines) is 1. The van der Waals surface area contributed by atoms with Crippen LogP contribution in [-0.2, 0) is 20.8 Å². The molecule has 0 aromatic heterocycles. The number of nitrogens with one attached hydrogen (secondary N) is 2. The van der Waals surface area contributed by atoms with Gasteiger partial charge in [0.15, 0.2) is 0 Å². The molecule has 3 N–H and O–H groups in total. The molecule has 2 rings (SSSR count). The molecule has 0 spiro atoms. The quantitative estimate of drug-likeness (QED) is 0.323. The maximum atomic E-state index is 13.8. The summed E-state index contributed by atoms with van der Waals surface area (Å²) in [4.78, 5) is 44.1. The highest BCUT2D eigenvalue weighted by molar-refractivity contribution is 5.93. The van der Waals surface area contributed by atoms with Crippen LogP contribution in [0.15, 0.2) is 42.0 Å². The zero-order valence-corrected chi connectivity index (χ0v) is 25.8. The summed E-state index contributed by atoms with van der Waals surface area (Å²) in [6, 6.07) is 8.32. The number of benzene rings is 1. The van der Waals surface area contributed by atoms with Crippen molar-refractivity contribution in [1.82, 2.24) is 20.4 Å². The molecule has 0 bridgehead atoms.